The van der Waals surface area contributed by atoms with Gasteiger partial charge in [0.15, 0.2) is 0 Å². The number of hydrogen-bond acceptors (Lipinski definition) is 4. The summed E-state index contributed by atoms with van der Waals surface area (Å²) in [7, 11) is 0. The lowest BCUT2D eigenvalue weighted by molar-refractivity contribution is -0.134. The van der Waals surface area contributed by atoms with Crippen LogP contribution in [0.15, 0.2) is 36.5 Å². The first kappa shape index (κ1) is 21.5. The molecule has 30 heavy (non-hydrogen) atoms. The van der Waals surface area contributed by atoms with Crippen molar-refractivity contribution in [3.05, 3.63) is 47.9 Å². The Bertz CT molecular complexity index is 901. The molecule has 1 aromatic carbocycles. The zero-order chi connectivity index (χ0) is 21.7. The topological polar surface area (TPSA) is 77.6 Å². The van der Waals surface area contributed by atoms with Crippen LogP contribution in [0.1, 0.15) is 25.8 Å². The van der Waals surface area contributed by atoms with Crippen molar-refractivity contribution in [2.24, 2.45) is 5.92 Å². The fourth-order valence-corrected chi connectivity index (χ4v) is 3.34. The average molecular weight is 413 g/mol. The van der Waals surface area contributed by atoms with E-state index in [-0.39, 0.29) is 17.6 Å². The van der Waals surface area contributed by atoms with E-state index in [9.17, 15) is 14.0 Å². The Morgan fingerprint density at radius 2 is 1.77 bits per heavy atom. The Balaban J connectivity index is 1.56. The van der Waals surface area contributed by atoms with Crippen molar-refractivity contribution in [1.82, 2.24) is 9.88 Å². The molecule has 0 spiro atoms. The molecule has 0 bridgehead atoms. The van der Waals surface area contributed by atoms with Crippen molar-refractivity contribution < 1.29 is 14.0 Å². The Labute approximate surface area is 176 Å². The van der Waals surface area contributed by atoms with Crippen LogP contribution in [0, 0.1) is 18.7 Å². The molecule has 1 aromatic heterocycles. The summed E-state index contributed by atoms with van der Waals surface area (Å²) in [6.45, 7) is 8.48. The van der Waals surface area contributed by atoms with Crippen molar-refractivity contribution >= 4 is 29.1 Å². The molecule has 2 N–H and O–H groups in total. The van der Waals surface area contributed by atoms with Crippen molar-refractivity contribution in [3.63, 3.8) is 0 Å². The highest BCUT2D eigenvalue weighted by molar-refractivity contribution is 5.99. The molecule has 1 aliphatic heterocycles. The van der Waals surface area contributed by atoms with Crippen LogP contribution in [0.2, 0.25) is 0 Å². The van der Waals surface area contributed by atoms with Gasteiger partial charge in [0, 0.05) is 37.8 Å². The predicted octanol–water partition coefficient (Wildman–Crippen LogP) is 3.87. The van der Waals surface area contributed by atoms with Crippen LogP contribution in [0.4, 0.5) is 26.4 Å². The fourth-order valence-electron chi connectivity index (χ4n) is 3.34. The van der Waals surface area contributed by atoms with E-state index in [2.05, 4.69) is 20.5 Å². The molecule has 7 nitrogen and oxygen atoms in total. The summed E-state index contributed by atoms with van der Waals surface area (Å²) in [5, 5.41) is 5.30. The normalized spacial score (nSPS) is 14.4. The van der Waals surface area contributed by atoms with E-state index in [1.807, 2.05) is 24.8 Å². The molecule has 0 unspecified atom stereocenters. The Morgan fingerprint density at radius 1 is 1.03 bits per heavy atom. The molecular weight excluding hydrogens is 385 g/mol. The molecule has 3 amide bonds. The van der Waals surface area contributed by atoms with Gasteiger partial charge in [-0.05, 0) is 43.2 Å². The minimum absolute atomic E-state index is 0.00239. The van der Waals surface area contributed by atoms with Crippen LogP contribution in [0.5, 0.6) is 0 Å². The zero-order valence-corrected chi connectivity index (χ0v) is 17.6. The number of halogens is 1. The fraction of sp³-hybridized carbons (Fsp3) is 0.409. The standard InChI is InChI=1S/C22H28FN5O2/c1-15(2)21(29)28-10-4-9-27(11-12-28)20-8-7-18(14-24-20)26-22(30)25-17-6-5-16(3)19(23)13-17/h5-8,13-15H,4,9-12H2,1-3H3,(H2,25,26,30). The third-order valence-electron chi connectivity index (χ3n) is 5.06. The zero-order valence-electron chi connectivity index (χ0n) is 17.6. The van der Waals surface area contributed by atoms with Crippen LogP contribution in [-0.4, -0.2) is 48.0 Å². The van der Waals surface area contributed by atoms with Gasteiger partial charge in [0.2, 0.25) is 5.91 Å². The molecular formula is C22H28FN5O2. The van der Waals surface area contributed by atoms with Gasteiger partial charge in [0.1, 0.15) is 11.6 Å². The second kappa shape index (κ2) is 9.56. The quantitative estimate of drug-likeness (QED) is 0.798. The lowest BCUT2D eigenvalue weighted by Gasteiger charge is -2.24. The number of aryl methyl sites for hydroxylation is 1. The van der Waals surface area contributed by atoms with Crippen molar-refractivity contribution in [3.8, 4) is 0 Å². The highest BCUT2D eigenvalue weighted by Gasteiger charge is 2.21. The van der Waals surface area contributed by atoms with Gasteiger partial charge in [0.05, 0.1) is 11.9 Å². The average Bonchev–Trinajstić information content (AvgIpc) is 2.97. The number of rotatable bonds is 4. The maximum Gasteiger partial charge on any atom is 0.323 e. The molecule has 1 aliphatic rings. The van der Waals surface area contributed by atoms with E-state index in [4.69, 9.17) is 0 Å². The number of urea groups is 1. The van der Waals surface area contributed by atoms with E-state index >= 15 is 0 Å². The summed E-state index contributed by atoms with van der Waals surface area (Å²) in [5.74, 6) is 0.622. The lowest BCUT2D eigenvalue weighted by atomic mass is 10.2. The van der Waals surface area contributed by atoms with Gasteiger partial charge >= 0.3 is 6.03 Å². The summed E-state index contributed by atoms with van der Waals surface area (Å²) >= 11 is 0. The number of hydrogen-bond donors (Lipinski definition) is 2. The smallest absolute Gasteiger partial charge is 0.323 e. The van der Waals surface area contributed by atoms with Gasteiger partial charge in [-0.1, -0.05) is 19.9 Å². The van der Waals surface area contributed by atoms with E-state index in [1.165, 1.54) is 6.07 Å². The number of carbonyl (C=O) groups excluding carboxylic acids is 2. The van der Waals surface area contributed by atoms with E-state index < -0.39 is 6.03 Å². The first-order valence-corrected chi connectivity index (χ1v) is 10.2. The second-order valence-electron chi connectivity index (χ2n) is 7.77. The maximum absolute atomic E-state index is 13.6. The van der Waals surface area contributed by atoms with Crippen LogP contribution in [0.25, 0.3) is 0 Å². The molecule has 2 heterocycles. The number of benzene rings is 1. The molecule has 2 aromatic rings. The highest BCUT2D eigenvalue weighted by atomic mass is 19.1. The molecule has 0 radical (unpaired) electrons. The van der Waals surface area contributed by atoms with Gasteiger partial charge < -0.3 is 20.4 Å². The Kier molecular flexibility index (Phi) is 6.87. The molecule has 0 atom stereocenters. The van der Waals surface area contributed by atoms with Gasteiger partial charge in [-0.25, -0.2) is 14.2 Å². The second-order valence-corrected chi connectivity index (χ2v) is 7.77. The van der Waals surface area contributed by atoms with Gasteiger partial charge in [0.25, 0.3) is 0 Å². The monoisotopic (exact) mass is 413 g/mol. The molecule has 3 rings (SSSR count). The van der Waals surface area contributed by atoms with E-state index in [1.54, 1.807) is 31.3 Å². The number of nitrogens with zero attached hydrogens (tertiary/aromatic N) is 3. The molecule has 1 fully saturated rings. The number of amides is 3. The van der Waals surface area contributed by atoms with Crippen LogP contribution < -0.4 is 15.5 Å². The van der Waals surface area contributed by atoms with Crippen LogP contribution >= 0.6 is 0 Å². The summed E-state index contributed by atoms with van der Waals surface area (Å²) in [6, 6.07) is 7.69. The van der Waals surface area contributed by atoms with Crippen LogP contribution in [-0.2, 0) is 4.79 Å². The molecule has 1 saturated heterocycles. The summed E-state index contributed by atoms with van der Waals surface area (Å²) in [4.78, 5) is 32.9. The third-order valence-corrected chi connectivity index (χ3v) is 5.06. The predicted molar refractivity (Wildman–Crippen MR) is 116 cm³/mol. The van der Waals surface area contributed by atoms with Gasteiger partial charge in [-0.2, -0.15) is 0 Å². The van der Waals surface area contributed by atoms with Gasteiger partial charge in [-0.3, -0.25) is 4.79 Å². The first-order valence-electron chi connectivity index (χ1n) is 10.2. The largest absolute Gasteiger partial charge is 0.355 e. The number of carbonyl (C=O) groups is 2. The number of aromatic nitrogens is 1. The minimum Gasteiger partial charge on any atom is -0.355 e. The highest BCUT2D eigenvalue weighted by Crippen LogP contribution is 2.18. The minimum atomic E-state index is -0.467. The first-order chi connectivity index (χ1) is 14.3. The lowest BCUT2D eigenvalue weighted by Crippen LogP contribution is -2.37. The van der Waals surface area contributed by atoms with E-state index in [0.717, 1.165) is 31.9 Å². The van der Waals surface area contributed by atoms with Crippen molar-refractivity contribution in [2.75, 3.05) is 41.7 Å². The summed E-state index contributed by atoms with van der Waals surface area (Å²) < 4.78 is 13.6. The number of anilines is 3. The third kappa shape index (κ3) is 5.46. The number of pyridine rings is 1. The SMILES string of the molecule is Cc1ccc(NC(=O)Nc2ccc(N3CCCN(C(=O)C(C)C)CC3)nc2)cc1F. The summed E-state index contributed by atoms with van der Waals surface area (Å²) in [5.41, 5.74) is 1.44. The van der Waals surface area contributed by atoms with Crippen LogP contribution in [0.3, 0.4) is 0 Å². The summed E-state index contributed by atoms with van der Waals surface area (Å²) in [6.07, 6.45) is 2.47. The Hall–Kier alpha value is -3.16. The Morgan fingerprint density at radius 3 is 2.43 bits per heavy atom. The van der Waals surface area contributed by atoms with Crippen molar-refractivity contribution in [2.45, 2.75) is 27.2 Å². The van der Waals surface area contributed by atoms with Crippen molar-refractivity contribution in [1.29, 1.82) is 0 Å². The van der Waals surface area contributed by atoms with Gasteiger partial charge in [-0.15, -0.1) is 0 Å². The van der Waals surface area contributed by atoms with E-state index in [0.29, 0.717) is 23.5 Å². The molecule has 0 aliphatic carbocycles. The molecule has 160 valence electrons. The maximum atomic E-state index is 13.6. The molecule has 0 saturated carbocycles. The molecule has 8 heteroatoms. The number of nitrogens with one attached hydrogen (secondary N) is 2.